The van der Waals surface area contributed by atoms with E-state index in [0.29, 0.717) is 11.1 Å². The van der Waals surface area contributed by atoms with Gasteiger partial charge in [-0.1, -0.05) is 36.4 Å². The number of phosphoric acid groups is 4. The normalized spacial score (nSPS) is 14.9. The van der Waals surface area contributed by atoms with Crippen molar-refractivity contribution < 1.29 is 103 Å². The third kappa shape index (κ3) is 14.8. The van der Waals surface area contributed by atoms with E-state index in [1.807, 2.05) is 0 Å². The predicted molar refractivity (Wildman–Crippen MR) is 220 cm³/mol. The highest BCUT2D eigenvalue weighted by Gasteiger charge is 2.31. The second-order valence-electron chi connectivity index (χ2n) is 12.2. The maximum Gasteiger partial charge on any atom is 0.529 e. The Balaban J connectivity index is 1.48. The van der Waals surface area contributed by atoms with Crippen LogP contribution in [0.25, 0.3) is 12.2 Å². The van der Waals surface area contributed by atoms with E-state index < -0.39 is 89.2 Å². The molecule has 0 saturated heterocycles. The molecule has 0 heterocycles. The second kappa shape index (κ2) is 21.1. The van der Waals surface area contributed by atoms with Gasteiger partial charge in [-0.15, -0.1) is 0 Å². The van der Waals surface area contributed by atoms with Crippen LogP contribution in [-0.2, 0) is 54.5 Å². The van der Waals surface area contributed by atoms with Gasteiger partial charge < -0.3 is 28.7 Å². The molecule has 4 aromatic carbocycles. The molecule has 4 rings (SSSR count). The fourth-order valence-corrected chi connectivity index (χ4v) is 6.30. The van der Waals surface area contributed by atoms with Crippen LogP contribution in [0.5, 0.6) is 0 Å². The summed E-state index contributed by atoms with van der Waals surface area (Å²) in [6.07, 6.45) is 3.30. The van der Waals surface area contributed by atoms with Gasteiger partial charge in [0.25, 0.3) is 11.8 Å². The molecule has 0 spiro atoms. The third-order valence-corrected chi connectivity index (χ3v) is 11.3. The summed E-state index contributed by atoms with van der Waals surface area (Å²) < 4.78 is 81.7. The molecule has 0 radical (unpaired) electrons. The van der Waals surface area contributed by atoms with E-state index in [0.717, 1.165) is 64.8 Å². The van der Waals surface area contributed by atoms with Gasteiger partial charge in [-0.2, -0.15) is 0 Å². The monoisotopic (exact) mass is 970 g/mol. The first-order chi connectivity index (χ1) is 29.9. The molecule has 4 atom stereocenters. The van der Waals surface area contributed by atoms with Crippen molar-refractivity contribution in [2.45, 2.75) is 0 Å². The van der Waals surface area contributed by atoms with Crippen molar-refractivity contribution in [3.8, 4) is 0 Å². The first-order valence-electron chi connectivity index (χ1n) is 17.2. The molecular weight excluding hydrogens is 936 g/mol. The lowest BCUT2D eigenvalue weighted by atomic mass is 10.1. The second-order valence-corrected chi connectivity index (χ2v) is 18.1. The molecule has 6 N–H and O–H groups in total. The predicted octanol–water partition coefficient (Wildman–Crippen LogP) is 5.98. The summed E-state index contributed by atoms with van der Waals surface area (Å²) in [6, 6.07) is 17.3. The van der Waals surface area contributed by atoms with Crippen LogP contribution in [0.15, 0.2) is 84.9 Å². The zero-order valence-electron chi connectivity index (χ0n) is 33.2. The molecule has 0 aliphatic heterocycles. The first kappa shape index (κ1) is 50.7. The minimum absolute atomic E-state index is 0.0706. The maximum atomic E-state index is 13.1. The van der Waals surface area contributed by atoms with Crippen LogP contribution in [0.2, 0.25) is 0 Å². The van der Waals surface area contributed by atoms with Crippen molar-refractivity contribution in [2.24, 2.45) is 0 Å². The van der Waals surface area contributed by atoms with Crippen molar-refractivity contribution in [1.82, 2.24) is 0 Å². The smallest absolute Gasteiger partial charge is 0.367 e. The highest BCUT2D eigenvalue weighted by Crippen LogP contribution is 2.46. The van der Waals surface area contributed by atoms with E-state index in [9.17, 15) is 66.6 Å². The summed E-state index contributed by atoms with van der Waals surface area (Å²) in [5, 5.41) is 4.85. The lowest BCUT2D eigenvalue weighted by Gasteiger charge is -2.13. The van der Waals surface area contributed by atoms with Gasteiger partial charge in [-0.25, -0.2) is 37.4 Å². The minimum Gasteiger partial charge on any atom is -0.367 e. The van der Waals surface area contributed by atoms with Crippen molar-refractivity contribution in [3.63, 3.8) is 0 Å². The average Bonchev–Trinajstić information content (AvgIpc) is 3.25. The van der Waals surface area contributed by atoms with Gasteiger partial charge in [0.2, 0.25) is 0 Å². The van der Waals surface area contributed by atoms with E-state index >= 15 is 0 Å². The zero-order valence-corrected chi connectivity index (χ0v) is 36.7. The van der Waals surface area contributed by atoms with Gasteiger partial charge in [0.05, 0.1) is 22.3 Å². The highest BCUT2D eigenvalue weighted by atomic mass is 31.2. The van der Waals surface area contributed by atoms with Crippen LogP contribution in [-0.4, -0.2) is 83.7 Å². The van der Waals surface area contributed by atoms with Gasteiger partial charge >= 0.3 is 55.2 Å². The van der Waals surface area contributed by atoms with E-state index in [2.05, 4.69) is 46.8 Å². The molecule has 0 aliphatic carbocycles. The number of carbonyl (C=O) groups is 6. The average molecular weight is 971 g/mol. The molecule has 340 valence electrons. The molecule has 4 aromatic rings. The molecule has 0 saturated carbocycles. The van der Waals surface area contributed by atoms with Crippen molar-refractivity contribution in [3.05, 3.63) is 129 Å². The van der Waals surface area contributed by atoms with Gasteiger partial charge in [0, 0.05) is 50.9 Å². The van der Waals surface area contributed by atoms with Crippen molar-refractivity contribution in [2.75, 3.05) is 39.1 Å². The first-order valence-corrected chi connectivity index (χ1v) is 23.2. The van der Waals surface area contributed by atoms with E-state index in [1.54, 1.807) is 36.4 Å². The number of hydrogen-bond acceptors (Lipinski definition) is 18. The van der Waals surface area contributed by atoms with Crippen molar-refractivity contribution in [1.29, 1.82) is 0 Å². The van der Waals surface area contributed by atoms with Gasteiger partial charge in [-0.05, 0) is 71.8 Å². The fourth-order valence-electron chi connectivity index (χ4n) is 4.74. The van der Waals surface area contributed by atoms with Crippen LogP contribution in [0.3, 0.4) is 0 Å². The summed E-state index contributed by atoms with van der Waals surface area (Å²) in [7, 11) is -16.3. The van der Waals surface area contributed by atoms with Crippen LogP contribution in [0, 0.1) is 0 Å². The number of phosphoric ester groups is 4. The molecule has 0 bridgehead atoms. The van der Waals surface area contributed by atoms with Gasteiger partial charge in [0.1, 0.15) is 0 Å². The number of amides is 2. The number of benzene rings is 4. The number of rotatable bonds is 18. The maximum absolute atomic E-state index is 13.1. The topological polar surface area (TPSA) is 350 Å². The molecule has 4 unspecified atom stereocenters. The molecule has 0 aliphatic rings. The largest absolute Gasteiger partial charge is 0.529 e. The van der Waals surface area contributed by atoms with Crippen LogP contribution in [0.1, 0.15) is 73.3 Å². The number of anilines is 2. The van der Waals surface area contributed by atoms with Gasteiger partial charge in [-0.3, -0.25) is 47.3 Å². The van der Waals surface area contributed by atoms with Crippen LogP contribution < -0.4 is 10.6 Å². The number of hydrogen-bond donors (Lipinski definition) is 6. The van der Waals surface area contributed by atoms with E-state index in [-0.39, 0.29) is 22.5 Å². The molecule has 0 aromatic heterocycles. The molecule has 2 amide bonds. The number of carbonyl (C=O) groups excluding carboxylic acids is 6. The summed E-state index contributed by atoms with van der Waals surface area (Å²) in [5.74, 6) is -7.41. The standard InChI is InChI=1S/C36H34N2O22P4/c1-53-61(45,46)57-33(41)25-15-26(34(42)58-62(47,48)54-2)18-29(17-25)37-31(39)23-11-7-21(8-12-23)5-6-22-9-13-24(14-10-22)32(40)38-30-19-27(35(43)59-63(49,50)55-3)16-28(20-30)36(44)60-64(51,52)56-4/h5-20H,1-4H3,(H,37,39)(H,38,40)(H,45,46)(H,47,48)(H,49,50)(H,51,52)/b6-5+. The Morgan fingerprint density at radius 3 is 0.859 bits per heavy atom. The Hall–Kier alpha value is -5.96. The SMILES string of the molecule is COP(=O)(O)OC(=O)c1cc(NC(=O)c2ccc(/C=C/c3ccc(C(=O)Nc4cc(C(=O)OP(=O)(O)OC)cc(C(=O)OP(=O)(O)OC)c4)cc3)cc2)cc(C(=O)OP(=O)(O)OC)c1. The summed E-state index contributed by atoms with van der Waals surface area (Å²) in [5.41, 5.74) is -1.43. The number of nitrogens with one attached hydrogen (secondary N) is 2. The zero-order chi connectivity index (χ0) is 47.6. The summed E-state index contributed by atoms with van der Waals surface area (Å²) >= 11 is 0. The minimum atomic E-state index is -4.86. The quantitative estimate of drug-likeness (QED) is 0.0493. The Bertz CT molecular complexity index is 2410. The van der Waals surface area contributed by atoms with Crippen LogP contribution in [0.4, 0.5) is 11.4 Å². The Morgan fingerprint density at radius 1 is 0.406 bits per heavy atom. The Morgan fingerprint density at radius 2 is 0.641 bits per heavy atom. The fraction of sp³-hybridized carbons (Fsp3) is 0.111. The Labute approximate surface area is 361 Å². The van der Waals surface area contributed by atoms with Crippen LogP contribution >= 0.6 is 31.3 Å². The lowest BCUT2D eigenvalue weighted by molar-refractivity contribution is 0.0637. The summed E-state index contributed by atoms with van der Waals surface area (Å²) in [4.78, 5) is 115. The van der Waals surface area contributed by atoms with E-state index in [4.69, 9.17) is 0 Å². The van der Waals surface area contributed by atoms with E-state index in [1.165, 1.54) is 24.3 Å². The molecule has 24 nitrogen and oxygen atoms in total. The lowest BCUT2D eigenvalue weighted by Crippen LogP contribution is -2.14. The molecular formula is C36H34N2O22P4. The Kier molecular flexibility index (Phi) is 16.7. The molecule has 28 heteroatoms. The molecule has 0 fully saturated rings. The molecule has 64 heavy (non-hydrogen) atoms. The third-order valence-electron chi connectivity index (χ3n) is 7.85. The van der Waals surface area contributed by atoms with Crippen molar-refractivity contribution >= 4 is 90.5 Å². The summed E-state index contributed by atoms with van der Waals surface area (Å²) in [6.45, 7) is 0. The van der Waals surface area contributed by atoms with Gasteiger partial charge in [0.15, 0.2) is 0 Å². The highest BCUT2D eigenvalue weighted by molar-refractivity contribution is 7.48.